The standard InChI is InChI=1S/C16H22O2/c1-16(10-3-11-18-16)15(17)14-8-6-13(7-9-14)12-4-2-5-12/h6-9,12,15,17H,2-5,10-11H2,1H3. The molecule has 0 amide bonds. The van der Waals surface area contributed by atoms with E-state index in [-0.39, 0.29) is 0 Å². The molecule has 2 nitrogen and oxygen atoms in total. The highest BCUT2D eigenvalue weighted by molar-refractivity contribution is 5.29. The molecule has 2 aliphatic rings. The van der Waals surface area contributed by atoms with E-state index < -0.39 is 11.7 Å². The van der Waals surface area contributed by atoms with Crippen LogP contribution in [-0.2, 0) is 4.74 Å². The van der Waals surface area contributed by atoms with Crippen LogP contribution in [0.15, 0.2) is 24.3 Å². The zero-order valence-electron chi connectivity index (χ0n) is 11.1. The summed E-state index contributed by atoms with van der Waals surface area (Å²) in [7, 11) is 0. The molecule has 1 aliphatic carbocycles. The second-order valence-electron chi connectivity index (χ2n) is 5.96. The Bertz CT molecular complexity index is 400. The summed E-state index contributed by atoms with van der Waals surface area (Å²) in [6.07, 6.45) is 5.49. The van der Waals surface area contributed by atoms with Gasteiger partial charge in [-0.2, -0.15) is 0 Å². The van der Waals surface area contributed by atoms with Crippen molar-refractivity contribution in [1.29, 1.82) is 0 Å². The molecule has 1 saturated heterocycles. The molecule has 98 valence electrons. The average Bonchev–Trinajstić information content (AvgIpc) is 2.75. The maximum absolute atomic E-state index is 10.5. The van der Waals surface area contributed by atoms with Gasteiger partial charge in [0, 0.05) is 6.61 Å². The Kier molecular flexibility index (Phi) is 3.16. The molecule has 2 heteroatoms. The average molecular weight is 246 g/mol. The van der Waals surface area contributed by atoms with Crippen LogP contribution in [0.3, 0.4) is 0 Å². The Hall–Kier alpha value is -0.860. The third kappa shape index (κ3) is 2.08. The minimum atomic E-state index is -0.504. The number of benzene rings is 1. The molecule has 0 bridgehead atoms. The van der Waals surface area contributed by atoms with Gasteiger partial charge >= 0.3 is 0 Å². The molecule has 2 fully saturated rings. The van der Waals surface area contributed by atoms with E-state index in [1.54, 1.807) is 0 Å². The Morgan fingerprint density at radius 3 is 2.44 bits per heavy atom. The predicted molar refractivity (Wildman–Crippen MR) is 71.6 cm³/mol. The van der Waals surface area contributed by atoms with E-state index in [1.807, 2.05) is 6.92 Å². The summed E-state index contributed by atoms with van der Waals surface area (Å²) in [6.45, 7) is 2.79. The molecule has 1 heterocycles. The molecule has 0 aromatic heterocycles. The van der Waals surface area contributed by atoms with Crippen LogP contribution in [0.4, 0.5) is 0 Å². The van der Waals surface area contributed by atoms with Crippen molar-refractivity contribution in [2.45, 2.75) is 56.7 Å². The minimum absolute atomic E-state index is 0.391. The maximum atomic E-state index is 10.5. The highest BCUT2D eigenvalue weighted by Gasteiger charge is 2.38. The minimum Gasteiger partial charge on any atom is -0.385 e. The molecular formula is C16H22O2. The number of hydrogen-bond acceptors (Lipinski definition) is 2. The van der Waals surface area contributed by atoms with Crippen LogP contribution in [0.2, 0.25) is 0 Å². The summed E-state index contributed by atoms with van der Waals surface area (Å²) in [5, 5.41) is 10.5. The van der Waals surface area contributed by atoms with Gasteiger partial charge in [-0.3, -0.25) is 0 Å². The lowest BCUT2D eigenvalue weighted by atomic mass is 9.79. The number of aliphatic hydroxyl groups excluding tert-OH is 1. The summed E-state index contributed by atoms with van der Waals surface area (Å²) in [4.78, 5) is 0. The normalized spacial score (nSPS) is 30.1. The van der Waals surface area contributed by atoms with E-state index in [9.17, 15) is 5.11 Å². The number of hydrogen-bond donors (Lipinski definition) is 1. The first kappa shape index (κ1) is 12.2. The zero-order valence-corrected chi connectivity index (χ0v) is 11.1. The van der Waals surface area contributed by atoms with Crippen LogP contribution < -0.4 is 0 Å². The van der Waals surface area contributed by atoms with Crippen molar-refractivity contribution in [3.8, 4) is 0 Å². The van der Waals surface area contributed by atoms with Gasteiger partial charge in [-0.15, -0.1) is 0 Å². The number of aliphatic hydroxyl groups is 1. The van der Waals surface area contributed by atoms with Crippen LogP contribution in [-0.4, -0.2) is 17.3 Å². The van der Waals surface area contributed by atoms with Gasteiger partial charge < -0.3 is 9.84 Å². The largest absolute Gasteiger partial charge is 0.385 e. The maximum Gasteiger partial charge on any atom is 0.108 e. The van der Waals surface area contributed by atoms with Gasteiger partial charge in [0.2, 0.25) is 0 Å². The monoisotopic (exact) mass is 246 g/mol. The quantitative estimate of drug-likeness (QED) is 0.883. The second-order valence-corrected chi connectivity index (χ2v) is 5.96. The molecule has 3 rings (SSSR count). The van der Waals surface area contributed by atoms with Crippen LogP contribution in [0.25, 0.3) is 0 Å². The summed E-state index contributed by atoms with van der Waals surface area (Å²) in [6, 6.07) is 8.51. The van der Waals surface area contributed by atoms with Gasteiger partial charge in [0.1, 0.15) is 6.10 Å². The van der Waals surface area contributed by atoms with Gasteiger partial charge in [-0.1, -0.05) is 30.7 Å². The molecule has 1 aromatic carbocycles. The fourth-order valence-corrected chi connectivity index (χ4v) is 3.06. The molecular weight excluding hydrogens is 224 g/mol. The Balaban J connectivity index is 1.75. The van der Waals surface area contributed by atoms with E-state index in [2.05, 4.69) is 24.3 Å². The molecule has 1 N–H and O–H groups in total. The Morgan fingerprint density at radius 2 is 1.94 bits per heavy atom. The summed E-state index contributed by atoms with van der Waals surface area (Å²) in [5.41, 5.74) is 2.02. The van der Waals surface area contributed by atoms with Crippen molar-refractivity contribution in [1.82, 2.24) is 0 Å². The first-order valence-electron chi connectivity index (χ1n) is 7.11. The molecule has 18 heavy (non-hydrogen) atoms. The molecule has 1 saturated carbocycles. The van der Waals surface area contributed by atoms with Crippen LogP contribution in [0.1, 0.15) is 62.2 Å². The van der Waals surface area contributed by atoms with Gasteiger partial charge in [0.05, 0.1) is 5.60 Å². The zero-order chi connectivity index (χ0) is 12.6. The lowest BCUT2D eigenvalue weighted by Crippen LogP contribution is -2.31. The number of rotatable bonds is 3. The highest BCUT2D eigenvalue weighted by atomic mass is 16.5. The molecule has 0 radical (unpaired) electrons. The lowest BCUT2D eigenvalue weighted by Gasteiger charge is -2.30. The molecule has 1 aliphatic heterocycles. The van der Waals surface area contributed by atoms with Crippen molar-refractivity contribution in [3.63, 3.8) is 0 Å². The van der Waals surface area contributed by atoms with Crippen LogP contribution >= 0.6 is 0 Å². The van der Waals surface area contributed by atoms with Crippen molar-refractivity contribution >= 4 is 0 Å². The predicted octanol–water partition coefficient (Wildman–Crippen LogP) is 3.56. The van der Waals surface area contributed by atoms with Crippen LogP contribution in [0, 0.1) is 0 Å². The van der Waals surface area contributed by atoms with E-state index >= 15 is 0 Å². The Morgan fingerprint density at radius 1 is 1.22 bits per heavy atom. The smallest absolute Gasteiger partial charge is 0.108 e. The third-order valence-electron chi connectivity index (χ3n) is 4.66. The SMILES string of the molecule is CC1(C(O)c2ccc(C3CCC3)cc2)CCCO1. The summed E-state index contributed by atoms with van der Waals surface area (Å²) >= 11 is 0. The van der Waals surface area contributed by atoms with E-state index in [1.165, 1.54) is 24.8 Å². The summed E-state index contributed by atoms with van der Waals surface area (Å²) in [5.74, 6) is 0.759. The fraction of sp³-hybridized carbons (Fsp3) is 0.625. The summed E-state index contributed by atoms with van der Waals surface area (Å²) < 4.78 is 5.72. The molecule has 0 spiro atoms. The van der Waals surface area contributed by atoms with Crippen molar-refractivity contribution in [3.05, 3.63) is 35.4 Å². The van der Waals surface area contributed by atoms with Gasteiger partial charge in [-0.25, -0.2) is 0 Å². The van der Waals surface area contributed by atoms with E-state index in [0.29, 0.717) is 0 Å². The van der Waals surface area contributed by atoms with Crippen LogP contribution in [0.5, 0.6) is 0 Å². The van der Waals surface area contributed by atoms with E-state index in [4.69, 9.17) is 4.74 Å². The van der Waals surface area contributed by atoms with E-state index in [0.717, 1.165) is 30.9 Å². The lowest BCUT2D eigenvalue weighted by molar-refractivity contribution is -0.0796. The second kappa shape index (κ2) is 4.67. The first-order chi connectivity index (χ1) is 8.69. The Labute approximate surface area is 109 Å². The molecule has 2 atom stereocenters. The topological polar surface area (TPSA) is 29.5 Å². The molecule has 2 unspecified atom stereocenters. The van der Waals surface area contributed by atoms with Crippen molar-refractivity contribution < 1.29 is 9.84 Å². The van der Waals surface area contributed by atoms with Crippen molar-refractivity contribution in [2.75, 3.05) is 6.61 Å². The molecule has 1 aromatic rings. The number of ether oxygens (including phenoxy) is 1. The third-order valence-corrected chi connectivity index (χ3v) is 4.66. The van der Waals surface area contributed by atoms with Gasteiger partial charge in [-0.05, 0) is 49.7 Å². The van der Waals surface area contributed by atoms with Crippen molar-refractivity contribution in [2.24, 2.45) is 0 Å². The first-order valence-corrected chi connectivity index (χ1v) is 7.11. The highest BCUT2D eigenvalue weighted by Crippen LogP contribution is 2.39. The fourth-order valence-electron chi connectivity index (χ4n) is 3.06. The van der Waals surface area contributed by atoms with Gasteiger partial charge in [0.25, 0.3) is 0 Å². The van der Waals surface area contributed by atoms with Gasteiger partial charge in [0.15, 0.2) is 0 Å².